The van der Waals surface area contributed by atoms with Crippen molar-refractivity contribution >= 4 is 28.5 Å². The fourth-order valence-corrected chi connectivity index (χ4v) is 2.72. The minimum absolute atomic E-state index is 0.323. The molecule has 8 nitrogen and oxygen atoms in total. The number of nitrogens with zero attached hydrogens (tertiary/aromatic N) is 1. The van der Waals surface area contributed by atoms with Gasteiger partial charge in [-0.15, -0.1) is 0 Å². The number of amides is 1. The van der Waals surface area contributed by atoms with E-state index in [0.29, 0.717) is 27.7 Å². The minimum atomic E-state index is -0.661. The predicted octanol–water partition coefficient (Wildman–Crippen LogP) is 1.42. The summed E-state index contributed by atoms with van der Waals surface area (Å²) < 4.78 is 5.49. The molecular weight excluding hydrogens is 350 g/mol. The fourth-order valence-electron chi connectivity index (χ4n) is 2.72. The number of benzene rings is 2. The summed E-state index contributed by atoms with van der Waals surface area (Å²) >= 11 is 0. The van der Waals surface area contributed by atoms with Crippen molar-refractivity contribution in [3.05, 3.63) is 74.4 Å². The van der Waals surface area contributed by atoms with Crippen LogP contribution in [0.25, 0.3) is 10.9 Å². The van der Waals surface area contributed by atoms with Gasteiger partial charge in [0.1, 0.15) is 6.54 Å². The van der Waals surface area contributed by atoms with Gasteiger partial charge in [-0.3, -0.25) is 14.2 Å². The van der Waals surface area contributed by atoms with Crippen molar-refractivity contribution in [3.63, 3.8) is 0 Å². The van der Waals surface area contributed by atoms with Gasteiger partial charge < -0.3 is 15.0 Å². The number of methoxy groups -OCH3 is 1. The van der Waals surface area contributed by atoms with Crippen LogP contribution in [0.3, 0.4) is 0 Å². The molecule has 0 saturated heterocycles. The lowest BCUT2D eigenvalue weighted by Gasteiger charge is -2.11. The third kappa shape index (κ3) is 3.64. The highest BCUT2D eigenvalue weighted by molar-refractivity contribution is 5.94. The number of fused-ring (bicyclic) bond motifs is 1. The lowest BCUT2D eigenvalue weighted by Crippen LogP contribution is -2.38. The summed E-state index contributed by atoms with van der Waals surface area (Å²) in [6, 6.07) is 11.2. The molecule has 1 aromatic heterocycles. The molecule has 0 bridgehead atoms. The first-order valence-corrected chi connectivity index (χ1v) is 8.11. The van der Waals surface area contributed by atoms with Crippen molar-refractivity contribution in [2.24, 2.45) is 0 Å². The molecule has 3 aromatic rings. The lowest BCUT2D eigenvalue weighted by molar-refractivity contribution is -0.116. The molecule has 1 amide bonds. The van der Waals surface area contributed by atoms with Gasteiger partial charge in [-0.05, 0) is 42.8 Å². The molecule has 0 fully saturated rings. The molecule has 2 aromatic carbocycles. The van der Waals surface area contributed by atoms with E-state index >= 15 is 0 Å². The predicted molar refractivity (Wildman–Crippen MR) is 100.0 cm³/mol. The number of para-hydroxylation sites is 1. The number of aryl methyl sites for hydroxylation is 1. The number of nitrogens with one attached hydrogen (secondary N) is 2. The van der Waals surface area contributed by atoms with Crippen LogP contribution in [0.2, 0.25) is 0 Å². The Morgan fingerprint density at radius 1 is 1.15 bits per heavy atom. The Morgan fingerprint density at radius 2 is 1.89 bits per heavy atom. The fraction of sp³-hybridized carbons (Fsp3) is 0.158. The smallest absolute Gasteiger partial charge is 0.337 e. The van der Waals surface area contributed by atoms with Crippen LogP contribution in [0.4, 0.5) is 5.69 Å². The van der Waals surface area contributed by atoms with E-state index in [4.69, 9.17) is 0 Å². The molecule has 0 saturated carbocycles. The van der Waals surface area contributed by atoms with Gasteiger partial charge in [0.2, 0.25) is 5.91 Å². The van der Waals surface area contributed by atoms with Gasteiger partial charge in [-0.1, -0.05) is 12.1 Å². The van der Waals surface area contributed by atoms with E-state index < -0.39 is 29.7 Å². The molecular formula is C19H17N3O5. The third-order valence-electron chi connectivity index (χ3n) is 4.11. The number of hydrogen-bond donors (Lipinski definition) is 2. The van der Waals surface area contributed by atoms with Crippen LogP contribution in [-0.4, -0.2) is 28.5 Å². The highest BCUT2D eigenvalue weighted by Crippen LogP contribution is 2.17. The lowest BCUT2D eigenvalue weighted by atomic mass is 10.1. The van der Waals surface area contributed by atoms with E-state index in [0.717, 1.165) is 4.57 Å². The first-order valence-electron chi connectivity index (χ1n) is 8.11. The van der Waals surface area contributed by atoms with E-state index in [9.17, 15) is 19.2 Å². The molecule has 0 atom stereocenters. The van der Waals surface area contributed by atoms with Crippen LogP contribution in [0.15, 0.2) is 52.1 Å². The maximum absolute atomic E-state index is 12.5. The average molecular weight is 367 g/mol. The SMILES string of the molecule is COC(=O)c1ccc(NC(=O)Cn2c(=O)[nH]c3ccccc3c2=O)c(C)c1. The molecule has 138 valence electrons. The molecule has 0 aliphatic rings. The minimum Gasteiger partial charge on any atom is -0.465 e. The van der Waals surface area contributed by atoms with Gasteiger partial charge >= 0.3 is 11.7 Å². The highest BCUT2D eigenvalue weighted by atomic mass is 16.5. The number of carbonyl (C=O) groups is 2. The van der Waals surface area contributed by atoms with Gasteiger partial charge in [0, 0.05) is 5.69 Å². The molecule has 0 aliphatic heterocycles. The summed E-state index contributed by atoms with van der Waals surface area (Å²) in [6.45, 7) is 1.29. The largest absolute Gasteiger partial charge is 0.465 e. The van der Waals surface area contributed by atoms with Crippen molar-refractivity contribution in [2.75, 3.05) is 12.4 Å². The molecule has 0 spiro atoms. The number of carbonyl (C=O) groups excluding carboxylic acids is 2. The number of rotatable bonds is 4. The number of anilines is 1. The Bertz CT molecular complexity index is 1160. The summed E-state index contributed by atoms with van der Waals surface area (Å²) in [5, 5.41) is 2.96. The molecule has 0 unspecified atom stereocenters. The van der Waals surface area contributed by atoms with E-state index in [-0.39, 0.29) is 0 Å². The first-order chi connectivity index (χ1) is 12.9. The van der Waals surface area contributed by atoms with E-state index in [2.05, 4.69) is 15.0 Å². The standard InChI is InChI=1S/C19H17N3O5/c1-11-9-12(18(25)27-2)7-8-14(11)20-16(23)10-22-17(24)13-5-3-4-6-15(13)21-19(22)26/h3-9H,10H2,1-2H3,(H,20,23)(H,21,26). The maximum Gasteiger partial charge on any atom is 0.337 e. The van der Waals surface area contributed by atoms with E-state index in [1.165, 1.54) is 13.2 Å². The highest BCUT2D eigenvalue weighted by Gasteiger charge is 2.13. The Kier molecular flexibility index (Phi) is 4.89. The summed E-state index contributed by atoms with van der Waals surface area (Å²) in [5.74, 6) is -1.02. The molecule has 3 rings (SSSR count). The van der Waals surface area contributed by atoms with E-state index in [1.54, 1.807) is 43.3 Å². The Hall–Kier alpha value is -3.68. The zero-order valence-electron chi connectivity index (χ0n) is 14.7. The number of ether oxygens (including phenoxy) is 1. The molecule has 2 N–H and O–H groups in total. The number of H-pyrrole nitrogens is 1. The summed E-state index contributed by atoms with van der Waals surface area (Å²) in [6.07, 6.45) is 0. The molecule has 1 heterocycles. The summed E-state index contributed by atoms with van der Waals surface area (Å²) in [7, 11) is 1.28. The maximum atomic E-state index is 12.5. The van der Waals surface area contributed by atoms with Crippen molar-refractivity contribution < 1.29 is 14.3 Å². The molecule has 8 heteroatoms. The van der Waals surface area contributed by atoms with Gasteiger partial charge in [0.15, 0.2) is 0 Å². The summed E-state index contributed by atoms with van der Waals surface area (Å²) in [5.41, 5.74) is 0.686. The Morgan fingerprint density at radius 3 is 2.59 bits per heavy atom. The Balaban J connectivity index is 1.85. The van der Waals surface area contributed by atoms with Crippen LogP contribution in [0.1, 0.15) is 15.9 Å². The van der Waals surface area contributed by atoms with Crippen LogP contribution in [0.5, 0.6) is 0 Å². The van der Waals surface area contributed by atoms with Crippen molar-refractivity contribution in [1.29, 1.82) is 0 Å². The second kappa shape index (κ2) is 7.28. The topological polar surface area (TPSA) is 110 Å². The third-order valence-corrected chi connectivity index (χ3v) is 4.11. The van der Waals surface area contributed by atoms with Crippen LogP contribution >= 0.6 is 0 Å². The second-order valence-corrected chi connectivity index (χ2v) is 5.94. The van der Waals surface area contributed by atoms with Gasteiger partial charge in [0.25, 0.3) is 5.56 Å². The Labute approximate surface area is 153 Å². The zero-order valence-corrected chi connectivity index (χ0v) is 14.7. The average Bonchev–Trinajstić information content (AvgIpc) is 2.66. The van der Waals surface area contributed by atoms with E-state index in [1.807, 2.05) is 0 Å². The quantitative estimate of drug-likeness (QED) is 0.678. The zero-order chi connectivity index (χ0) is 19.6. The van der Waals surface area contributed by atoms with Crippen molar-refractivity contribution in [1.82, 2.24) is 9.55 Å². The summed E-state index contributed by atoms with van der Waals surface area (Å²) in [4.78, 5) is 51.1. The van der Waals surface area contributed by atoms with Crippen molar-refractivity contribution in [2.45, 2.75) is 13.5 Å². The molecule has 0 radical (unpaired) electrons. The molecule has 27 heavy (non-hydrogen) atoms. The van der Waals surface area contributed by atoms with Crippen LogP contribution < -0.4 is 16.6 Å². The number of hydrogen-bond acceptors (Lipinski definition) is 5. The van der Waals surface area contributed by atoms with Crippen LogP contribution in [-0.2, 0) is 16.1 Å². The van der Waals surface area contributed by atoms with Crippen molar-refractivity contribution in [3.8, 4) is 0 Å². The monoisotopic (exact) mass is 367 g/mol. The van der Waals surface area contributed by atoms with Crippen LogP contribution in [0, 0.1) is 6.92 Å². The molecule has 0 aliphatic carbocycles. The number of aromatic nitrogens is 2. The first kappa shape index (κ1) is 18.1. The van der Waals surface area contributed by atoms with Gasteiger partial charge in [-0.2, -0.15) is 0 Å². The number of esters is 1. The number of aromatic amines is 1. The second-order valence-electron chi connectivity index (χ2n) is 5.94. The van der Waals surface area contributed by atoms with Gasteiger partial charge in [-0.25, -0.2) is 9.59 Å². The van der Waals surface area contributed by atoms with Gasteiger partial charge in [0.05, 0.1) is 23.6 Å². The normalized spacial score (nSPS) is 10.6.